The molecule has 0 spiro atoms. The maximum atomic E-state index is 9.61. The zero-order valence-electron chi connectivity index (χ0n) is 14.2. The lowest BCUT2D eigenvalue weighted by Crippen LogP contribution is -2.01. The average Bonchev–Trinajstić information content (AvgIpc) is 3.10. The molecule has 0 atom stereocenters. The van der Waals surface area contributed by atoms with E-state index < -0.39 is 0 Å². The average molecular weight is 346 g/mol. The van der Waals surface area contributed by atoms with Crippen molar-refractivity contribution >= 4 is 16.7 Å². The number of ether oxygens (including phenoxy) is 1. The van der Waals surface area contributed by atoms with Crippen molar-refractivity contribution in [3.63, 3.8) is 0 Å². The molecule has 0 bridgehead atoms. The summed E-state index contributed by atoms with van der Waals surface area (Å²) in [5, 5.41) is 13.9. The van der Waals surface area contributed by atoms with Gasteiger partial charge in [-0.3, -0.25) is 0 Å². The number of methoxy groups -OCH3 is 1. The monoisotopic (exact) mass is 346 g/mol. The fourth-order valence-corrected chi connectivity index (χ4v) is 2.90. The molecule has 130 valence electrons. The van der Waals surface area contributed by atoms with Crippen LogP contribution in [0.4, 0.5) is 5.69 Å². The molecule has 3 N–H and O–H groups in total. The van der Waals surface area contributed by atoms with Crippen LogP contribution in [0.15, 0.2) is 61.1 Å². The third kappa shape index (κ3) is 3.17. The van der Waals surface area contributed by atoms with Crippen molar-refractivity contribution in [2.24, 2.45) is 0 Å². The van der Waals surface area contributed by atoms with E-state index in [4.69, 9.17) is 4.74 Å². The van der Waals surface area contributed by atoms with Crippen molar-refractivity contribution in [3.8, 4) is 22.8 Å². The van der Waals surface area contributed by atoms with E-state index in [0.29, 0.717) is 6.54 Å². The number of phenols is 1. The van der Waals surface area contributed by atoms with Crippen molar-refractivity contribution in [1.82, 2.24) is 15.0 Å². The van der Waals surface area contributed by atoms with Crippen LogP contribution in [0.2, 0.25) is 0 Å². The van der Waals surface area contributed by atoms with Gasteiger partial charge in [-0.05, 0) is 42.0 Å². The number of hydrogen-bond donors (Lipinski definition) is 3. The van der Waals surface area contributed by atoms with Gasteiger partial charge in [0.2, 0.25) is 0 Å². The number of aromatic nitrogens is 3. The molecule has 4 aromatic rings. The first-order valence-corrected chi connectivity index (χ1v) is 8.22. The molecule has 6 nitrogen and oxygen atoms in total. The summed E-state index contributed by atoms with van der Waals surface area (Å²) in [6, 6.07) is 15.2. The van der Waals surface area contributed by atoms with E-state index in [0.717, 1.165) is 39.3 Å². The standard InChI is InChI=1S/C20H18N4O2/c1-26-19-6-5-14(17-9-15-11-21-12-23-20(15)24-17)8-18(19)22-10-13-3-2-4-16(25)7-13/h2-9,11-12,22,25H,10H2,1H3,(H,21,23,24). The number of nitrogens with zero attached hydrogens (tertiary/aromatic N) is 2. The van der Waals surface area contributed by atoms with Crippen molar-refractivity contribution in [1.29, 1.82) is 0 Å². The second-order valence-corrected chi connectivity index (χ2v) is 5.95. The first-order valence-electron chi connectivity index (χ1n) is 8.22. The van der Waals surface area contributed by atoms with Crippen LogP contribution in [-0.4, -0.2) is 27.2 Å². The van der Waals surface area contributed by atoms with Gasteiger partial charge in [-0.25, -0.2) is 9.97 Å². The smallest absolute Gasteiger partial charge is 0.142 e. The van der Waals surface area contributed by atoms with Crippen LogP contribution in [0.5, 0.6) is 11.5 Å². The number of anilines is 1. The fourth-order valence-electron chi connectivity index (χ4n) is 2.90. The minimum Gasteiger partial charge on any atom is -0.508 e. The van der Waals surface area contributed by atoms with Gasteiger partial charge < -0.3 is 20.1 Å². The van der Waals surface area contributed by atoms with Crippen molar-refractivity contribution in [3.05, 3.63) is 66.6 Å². The largest absolute Gasteiger partial charge is 0.508 e. The first-order chi connectivity index (χ1) is 12.7. The molecule has 0 saturated carbocycles. The van der Waals surface area contributed by atoms with Crippen LogP contribution >= 0.6 is 0 Å². The van der Waals surface area contributed by atoms with Gasteiger partial charge in [-0.2, -0.15) is 0 Å². The summed E-state index contributed by atoms with van der Waals surface area (Å²) in [5.74, 6) is 1.01. The Balaban J connectivity index is 1.64. The topological polar surface area (TPSA) is 83.1 Å². The Hall–Kier alpha value is -3.54. The lowest BCUT2D eigenvalue weighted by Gasteiger charge is -2.13. The first kappa shape index (κ1) is 16.0. The van der Waals surface area contributed by atoms with Gasteiger partial charge in [0.05, 0.1) is 12.8 Å². The molecule has 0 radical (unpaired) electrons. The summed E-state index contributed by atoms with van der Waals surface area (Å²) in [6.45, 7) is 0.576. The zero-order valence-corrected chi connectivity index (χ0v) is 14.2. The van der Waals surface area contributed by atoms with Crippen LogP contribution in [0, 0.1) is 0 Å². The summed E-state index contributed by atoms with van der Waals surface area (Å²) >= 11 is 0. The molecule has 2 heterocycles. The lowest BCUT2D eigenvalue weighted by atomic mass is 10.1. The van der Waals surface area contributed by atoms with E-state index in [2.05, 4.69) is 20.3 Å². The minimum absolute atomic E-state index is 0.254. The van der Waals surface area contributed by atoms with Crippen LogP contribution in [0.1, 0.15) is 5.56 Å². The maximum Gasteiger partial charge on any atom is 0.142 e. The highest BCUT2D eigenvalue weighted by atomic mass is 16.5. The Labute approximate surface area is 150 Å². The predicted molar refractivity (Wildman–Crippen MR) is 101 cm³/mol. The van der Waals surface area contributed by atoms with Crippen LogP contribution in [0.3, 0.4) is 0 Å². The highest BCUT2D eigenvalue weighted by Crippen LogP contribution is 2.31. The SMILES string of the molecule is COc1ccc(-c2cc3cncnc3[nH]2)cc1NCc1cccc(O)c1. The van der Waals surface area contributed by atoms with Gasteiger partial charge in [0, 0.05) is 29.4 Å². The summed E-state index contributed by atoms with van der Waals surface area (Å²) in [5.41, 5.74) is 4.64. The van der Waals surface area contributed by atoms with Crippen molar-refractivity contribution < 1.29 is 9.84 Å². The van der Waals surface area contributed by atoms with Gasteiger partial charge in [0.1, 0.15) is 23.5 Å². The number of phenolic OH excluding ortho intramolecular Hbond substituents is 1. The number of nitrogens with one attached hydrogen (secondary N) is 2. The molecular weight excluding hydrogens is 328 g/mol. The zero-order chi connectivity index (χ0) is 17.9. The molecule has 0 aliphatic carbocycles. The second-order valence-electron chi connectivity index (χ2n) is 5.95. The maximum absolute atomic E-state index is 9.61. The Bertz CT molecular complexity index is 1030. The molecule has 26 heavy (non-hydrogen) atoms. The highest BCUT2D eigenvalue weighted by molar-refractivity contribution is 5.83. The number of benzene rings is 2. The van der Waals surface area contributed by atoms with Crippen molar-refractivity contribution in [2.75, 3.05) is 12.4 Å². The molecule has 2 aromatic carbocycles. The molecule has 2 aromatic heterocycles. The summed E-state index contributed by atoms with van der Waals surface area (Å²) in [7, 11) is 1.65. The molecule has 0 fully saturated rings. The molecular formula is C20H18N4O2. The van der Waals surface area contributed by atoms with Crippen molar-refractivity contribution in [2.45, 2.75) is 6.54 Å². The van der Waals surface area contributed by atoms with E-state index >= 15 is 0 Å². The molecule has 4 rings (SSSR count). The van der Waals surface area contributed by atoms with Gasteiger partial charge >= 0.3 is 0 Å². The Morgan fingerprint density at radius 2 is 2.08 bits per heavy atom. The van der Waals surface area contributed by atoms with Gasteiger partial charge in [-0.1, -0.05) is 12.1 Å². The van der Waals surface area contributed by atoms with Gasteiger partial charge in [0.25, 0.3) is 0 Å². The molecule has 0 aliphatic rings. The van der Waals surface area contributed by atoms with Gasteiger partial charge in [0.15, 0.2) is 0 Å². The number of H-pyrrole nitrogens is 1. The quantitative estimate of drug-likeness (QED) is 0.510. The predicted octanol–water partition coefficient (Wildman–Crippen LogP) is 3.95. The number of fused-ring (bicyclic) bond motifs is 1. The fraction of sp³-hybridized carbons (Fsp3) is 0.100. The summed E-state index contributed by atoms with van der Waals surface area (Å²) in [6.07, 6.45) is 3.31. The van der Waals surface area contributed by atoms with E-state index in [1.807, 2.05) is 36.4 Å². The minimum atomic E-state index is 0.254. The summed E-state index contributed by atoms with van der Waals surface area (Å²) < 4.78 is 5.46. The molecule has 0 aliphatic heterocycles. The Morgan fingerprint density at radius 1 is 1.15 bits per heavy atom. The normalized spacial score (nSPS) is 10.8. The van der Waals surface area contributed by atoms with Crippen LogP contribution in [0.25, 0.3) is 22.3 Å². The lowest BCUT2D eigenvalue weighted by molar-refractivity contribution is 0.416. The number of aromatic hydroxyl groups is 1. The Kier molecular flexibility index (Phi) is 4.15. The second kappa shape index (κ2) is 6.76. The van der Waals surface area contributed by atoms with Crippen LogP contribution < -0.4 is 10.1 Å². The van der Waals surface area contributed by atoms with E-state index in [1.54, 1.807) is 25.4 Å². The highest BCUT2D eigenvalue weighted by Gasteiger charge is 2.09. The summed E-state index contributed by atoms with van der Waals surface area (Å²) in [4.78, 5) is 11.6. The van der Waals surface area contributed by atoms with Gasteiger partial charge in [-0.15, -0.1) is 0 Å². The van der Waals surface area contributed by atoms with E-state index in [-0.39, 0.29) is 5.75 Å². The molecule has 0 amide bonds. The van der Waals surface area contributed by atoms with E-state index in [9.17, 15) is 5.11 Å². The number of rotatable bonds is 5. The Morgan fingerprint density at radius 3 is 2.88 bits per heavy atom. The van der Waals surface area contributed by atoms with Crippen LogP contribution in [-0.2, 0) is 6.54 Å². The van der Waals surface area contributed by atoms with E-state index in [1.165, 1.54) is 6.33 Å². The molecule has 0 unspecified atom stereocenters. The third-order valence-electron chi connectivity index (χ3n) is 4.20. The molecule has 6 heteroatoms. The molecule has 0 saturated heterocycles. The number of hydrogen-bond acceptors (Lipinski definition) is 5. The number of aromatic amines is 1. The third-order valence-corrected chi connectivity index (χ3v) is 4.20.